The Labute approximate surface area is 194 Å². The van der Waals surface area contributed by atoms with Crippen molar-refractivity contribution in [2.24, 2.45) is 0 Å². The quantitative estimate of drug-likeness (QED) is 0.501. The fraction of sp³-hybridized carbons (Fsp3) is 0.269. The summed E-state index contributed by atoms with van der Waals surface area (Å²) in [5.74, 6) is 0.986. The summed E-state index contributed by atoms with van der Waals surface area (Å²) in [5, 5.41) is 6.11. The zero-order valence-corrected chi connectivity index (χ0v) is 19.5. The van der Waals surface area contributed by atoms with Gasteiger partial charge in [0.1, 0.15) is 11.6 Å². The molecule has 0 spiro atoms. The van der Waals surface area contributed by atoms with Gasteiger partial charge in [0.2, 0.25) is 0 Å². The van der Waals surface area contributed by atoms with Crippen LogP contribution in [0.25, 0.3) is 0 Å². The van der Waals surface area contributed by atoms with Gasteiger partial charge >= 0.3 is 0 Å². The molecule has 172 valence electrons. The van der Waals surface area contributed by atoms with Crippen LogP contribution in [0.3, 0.4) is 0 Å². The van der Waals surface area contributed by atoms with Crippen LogP contribution in [0.1, 0.15) is 47.1 Å². The number of pyridine rings is 1. The molecule has 2 aromatic carbocycles. The standard InChI is InChI=1S/C26H30N4O3/c1-5-33-22-14-12-21(13-15-22)29-24-23(7-6-16-27-24)25(31)28-17-19-8-10-20(11-9-19)26(32)30(4)18(2)3/h6-16,18H,5,17H2,1-4H3,(H,27,29)(H,28,31). The van der Waals surface area contributed by atoms with Crippen molar-refractivity contribution in [2.75, 3.05) is 19.0 Å². The maximum absolute atomic E-state index is 12.8. The van der Waals surface area contributed by atoms with E-state index in [9.17, 15) is 9.59 Å². The number of hydrogen-bond acceptors (Lipinski definition) is 5. The van der Waals surface area contributed by atoms with Gasteiger partial charge in [-0.3, -0.25) is 9.59 Å². The lowest BCUT2D eigenvalue weighted by Gasteiger charge is -2.21. The number of ether oxygens (including phenoxy) is 1. The van der Waals surface area contributed by atoms with E-state index in [2.05, 4.69) is 15.6 Å². The first-order valence-electron chi connectivity index (χ1n) is 11.0. The van der Waals surface area contributed by atoms with Crippen LogP contribution in [-0.4, -0.2) is 41.4 Å². The molecule has 1 aromatic heterocycles. The third-order valence-corrected chi connectivity index (χ3v) is 5.23. The van der Waals surface area contributed by atoms with Gasteiger partial charge in [-0.05, 0) is 74.9 Å². The molecule has 33 heavy (non-hydrogen) atoms. The summed E-state index contributed by atoms with van der Waals surface area (Å²) in [6, 6.07) is 18.3. The number of carbonyl (C=O) groups is 2. The molecule has 0 unspecified atom stereocenters. The number of benzene rings is 2. The molecule has 0 saturated heterocycles. The van der Waals surface area contributed by atoms with Crippen LogP contribution in [0.4, 0.5) is 11.5 Å². The molecule has 0 bridgehead atoms. The molecule has 0 fully saturated rings. The van der Waals surface area contributed by atoms with E-state index in [0.29, 0.717) is 30.1 Å². The van der Waals surface area contributed by atoms with Crippen molar-refractivity contribution in [3.8, 4) is 5.75 Å². The molecule has 3 rings (SSSR count). The van der Waals surface area contributed by atoms with Crippen LogP contribution in [0.5, 0.6) is 5.75 Å². The molecule has 0 aliphatic rings. The molecule has 0 atom stereocenters. The van der Waals surface area contributed by atoms with E-state index in [1.807, 2.05) is 57.2 Å². The zero-order valence-electron chi connectivity index (χ0n) is 19.5. The largest absolute Gasteiger partial charge is 0.494 e. The van der Waals surface area contributed by atoms with Gasteiger partial charge in [0.15, 0.2) is 0 Å². The Balaban J connectivity index is 1.63. The summed E-state index contributed by atoms with van der Waals surface area (Å²) in [7, 11) is 1.79. The average Bonchev–Trinajstić information content (AvgIpc) is 2.83. The molecular weight excluding hydrogens is 416 g/mol. The van der Waals surface area contributed by atoms with Crippen molar-refractivity contribution < 1.29 is 14.3 Å². The van der Waals surface area contributed by atoms with E-state index >= 15 is 0 Å². The maximum atomic E-state index is 12.8. The number of rotatable bonds is 9. The van der Waals surface area contributed by atoms with Crippen molar-refractivity contribution in [1.29, 1.82) is 0 Å². The Hall–Kier alpha value is -3.87. The fourth-order valence-corrected chi connectivity index (χ4v) is 3.11. The van der Waals surface area contributed by atoms with E-state index < -0.39 is 0 Å². The number of carbonyl (C=O) groups excluding carboxylic acids is 2. The van der Waals surface area contributed by atoms with Gasteiger partial charge in [-0.25, -0.2) is 4.98 Å². The first-order valence-corrected chi connectivity index (χ1v) is 11.0. The molecule has 0 aliphatic heterocycles. The molecule has 2 N–H and O–H groups in total. The Kier molecular flexibility index (Phi) is 8.02. The van der Waals surface area contributed by atoms with E-state index in [1.54, 1.807) is 42.4 Å². The minimum absolute atomic E-state index is 0.0269. The molecule has 2 amide bonds. The van der Waals surface area contributed by atoms with Crippen molar-refractivity contribution >= 4 is 23.3 Å². The molecule has 0 saturated carbocycles. The Morgan fingerprint density at radius 3 is 2.36 bits per heavy atom. The first-order chi connectivity index (χ1) is 15.9. The summed E-state index contributed by atoms with van der Waals surface area (Å²) >= 11 is 0. The van der Waals surface area contributed by atoms with Crippen molar-refractivity contribution in [1.82, 2.24) is 15.2 Å². The lowest BCUT2D eigenvalue weighted by atomic mass is 10.1. The summed E-state index contributed by atoms with van der Waals surface area (Å²) in [4.78, 5) is 31.3. The molecule has 1 heterocycles. The van der Waals surface area contributed by atoms with E-state index in [0.717, 1.165) is 17.0 Å². The number of anilines is 2. The monoisotopic (exact) mass is 446 g/mol. The fourth-order valence-electron chi connectivity index (χ4n) is 3.11. The Morgan fingerprint density at radius 2 is 1.73 bits per heavy atom. The topological polar surface area (TPSA) is 83.6 Å². The SMILES string of the molecule is CCOc1ccc(Nc2ncccc2C(=O)NCc2ccc(C(=O)N(C)C(C)C)cc2)cc1. The molecule has 7 heteroatoms. The predicted octanol–water partition coefficient (Wildman–Crippen LogP) is 4.63. The van der Waals surface area contributed by atoms with Gasteiger partial charge < -0.3 is 20.3 Å². The second-order valence-electron chi connectivity index (χ2n) is 7.87. The van der Waals surface area contributed by atoms with E-state index in [-0.39, 0.29) is 17.9 Å². The smallest absolute Gasteiger partial charge is 0.255 e. The molecular formula is C26H30N4O3. The highest BCUT2D eigenvalue weighted by Gasteiger charge is 2.15. The number of aromatic nitrogens is 1. The Bertz CT molecular complexity index is 1080. The number of amides is 2. The van der Waals surface area contributed by atoms with Crippen molar-refractivity contribution in [2.45, 2.75) is 33.4 Å². The maximum Gasteiger partial charge on any atom is 0.255 e. The summed E-state index contributed by atoms with van der Waals surface area (Å²) in [6.07, 6.45) is 1.64. The van der Waals surface area contributed by atoms with Crippen LogP contribution >= 0.6 is 0 Å². The summed E-state index contributed by atoms with van der Waals surface area (Å²) in [6.45, 7) is 6.82. The number of nitrogens with zero attached hydrogens (tertiary/aromatic N) is 2. The normalized spacial score (nSPS) is 10.6. The third kappa shape index (κ3) is 6.32. The third-order valence-electron chi connectivity index (χ3n) is 5.23. The summed E-state index contributed by atoms with van der Waals surface area (Å²) in [5.41, 5.74) is 2.77. The highest BCUT2D eigenvalue weighted by Crippen LogP contribution is 2.21. The second kappa shape index (κ2) is 11.1. The van der Waals surface area contributed by atoms with Gasteiger partial charge in [-0.1, -0.05) is 12.1 Å². The van der Waals surface area contributed by atoms with Crippen LogP contribution in [0.2, 0.25) is 0 Å². The highest BCUT2D eigenvalue weighted by molar-refractivity contribution is 5.99. The second-order valence-corrected chi connectivity index (χ2v) is 7.87. The molecule has 7 nitrogen and oxygen atoms in total. The summed E-state index contributed by atoms with van der Waals surface area (Å²) < 4.78 is 5.46. The van der Waals surface area contributed by atoms with Crippen molar-refractivity contribution in [3.63, 3.8) is 0 Å². The van der Waals surface area contributed by atoms with Gasteiger partial charge in [-0.2, -0.15) is 0 Å². The number of nitrogens with one attached hydrogen (secondary N) is 2. The van der Waals surface area contributed by atoms with E-state index in [1.165, 1.54) is 0 Å². The van der Waals surface area contributed by atoms with Crippen molar-refractivity contribution in [3.05, 3.63) is 83.6 Å². The van der Waals surface area contributed by atoms with Crippen LogP contribution in [-0.2, 0) is 6.54 Å². The molecule has 0 radical (unpaired) electrons. The van der Waals surface area contributed by atoms with Gasteiger partial charge in [-0.15, -0.1) is 0 Å². The zero-order chi connectivity index (χ0) is 23.8. The average molecular weight is 447 g/mol. The van der Waals surface area contributed by atoms with E-state index in [4.69, 9.17) is 4.74 Å². The molecule has 0 aliphatic carbocycles. The highest BCUT2D eigenvalue weighted by atomic mass is 16.5. The van der Waals surface area contributed by atoms with Crippen LogP contribution < -0.4 is 15.4 Å². The first kappa shape index (κ1) is 23.8. The van der Waals surface area contributed by atoms with Gasteiger partial charge in [0.25, 0.3) is 11.8 Å². The predicted molar refractivity (Wildman–Crippen MR) is 130 cm³/mol. The minimum Gasteiger partial charge on any atom is -0.494 e. The molecule has 3 aromatic rings. The lowest BCUT2D eigenvalue weighted by Crippen LogP contribution is -2.32. The lowest BCUT2D eigenvalue weighted by molar-refractivity contribution is 0.0754. The number of hydrogen-bond donors (Lipinski definition) is 2. The van der Waals surface area contributed by atoms with Gasteiger partial charge in [0, 0.05) is 37.1 Å². The van der Waals surface area contributed by atoms with Crippen LogP contribution in [0.15, 0.2) is 66.9 Å². The minimum atomic E-state index is -0.240. The van der Waals surface area contributed by atoms with Crippen LogP contribution in [0, 0.1) is 0 Å². The Morgan fingerprint density at radius 1 is 1.03 bits per heavy atom. The van der Waals surface area contributed by atoms with Gasteiger partial charge in [0.05, 0.1) is 12.2 Å².